The SMILES string of the molecule is COCCNCCCOc1ccc2c(c1)CN(C)CC2c1ccc(OC)cc1. The van der Waals surface area contributed by atoms with Crippen molar-refractivity contribution in [2.75, 3.05) is 54.1 Å². The fourth-order valence-corrected chi connectivity index (χ4v) is 3.72. The van der Waals surface area contributed by atoms with Gasteiger partial charge in [0.15, 0.2) is 0 Å². The van der Waals surface area contributed by atoms with Crippen LogP contribution in [-0.4, -0.2) is 59.0 Å². The van der Waals surface area contributed by atoms with Crippen LogP contribution in [0.4, 0.5) is 0 Å². The number of ether oxygens (including phenoxy) is 3. The quantitative estimate of drug-likeness (QED) is 0.637. The lowest BCUT2D eigenvalue weighted by Gasteiger charge is -2.33. The van der Waals surface area contributed by atoms with Crippen molar-refractivity contribution < 1.29 is 14.2 Å². The molecule has 1 aliphatic heterocycles. The monoisotopic (exact) mass is 384 g/mol. The van der Waals surface area contributed by atoms with Gasteiger partial charge in [0.2, 0.25) is 0 Å². The summed E-state index contributed by atoms with van der Waals surface area (Å²) in [5.41, 5.74) is 4.08. The van der Waals surface area contributed by atoms with E-state index in [1.807, 2.05) is 12.1 Å². The van der Waals surface area contributed by atoms with Crippen LogP contribution in [0, 0.1) is 0 Å². The van der Waals surface area contributed by atoms with Crippen molar-refractivity contribution >= 4 is 0 Å². The summed E-state index contributed by atoms with van der Waals surface area (Å²) in [4.78, 5) is 2.38. The molecule has 1 unspecified atom stereocenters. The summed E-state index contributed by atoms with van der Waals surface area (Å²) in [5, 5.41) is 3.34. The van der Waals surface area contributed by atoms with Crippen LogP contribution >= 0.6 is 0 Å². The first kappa shape index (κ1) is 20.6. The van der Waals surface area contributed by atoms with Crippen LogP contribution in [-0.2, 0) is 11.3 Å². The summed E-state index contributed by atoms with van der Waals surface area (Å²) in [6.45, 7) is 5.26. The summed E-state index contributed by atoms with van der Waals surface area (Å²) in [6.07, 6.45) is 0.981. The summed E-state index contributed by atoms with van der Waals surface area (Å²) >= 11 is 0. The zero-order valence-corrected chi connectivity index (χ0v) is 17.2. The van der Waals surface area contributed by atoms with Gasteiger partial charge in [-0.3, -0.25) is 0 Å². The molecular formula is C23H32N2O3. The van der Waals surface area contributed by atoms with Gasteiger partial charge in [-0.2, -0.15) is 0 Å². The van der Waals surface area contributed by atoms with E-state index in [9.17, 15) is 0 Å². The van der Waals surface area contributed by atoms with Gasteiger partial charge >= 0.3 is 0 Å². The number of methoxy groups -OCH3 is 2. The Morgan fingerprint density at radius 1 is 1.00 bits per heavy atom. The van der Waals surface area contributed by atoms with Crippen molar-refractivity contribution in [1.29, 1.82) is 0 Å². The van der Waals surface area contributed by atoms with E-state index in [1.165, 1.54) is 16.7 Å². The number of benzene rings is 2. The van der Waals surface area contributed by atoms with E-state index in [0.29, 0.717) is 5.92 Å². The van der Waals surface area contributed by atoms with E-state index >= 15 is 0 Å². The Labute approximate surface area is 168 Å². The van der Waals surface area contributed by atoms with Gasteiger partial charge in [-0.1, -0.05) is 18.2 Å². The largest absolute Gasteiger partial charge is 0.497 e. The average Bonchev–Trinajstić information content (AvgIpc) is 2.72. The van der Waals surface area contributed by atoms with Crippen molar-refractivity contribution in [3.63, 3.8) is 0 Å². The predicted octanol–water partition coefficient (Wildman–Crippen LogP) is 3.28. The molecule has 0 saturated heterocycles. The molecule has 0 saturated carbocycles. The highest BCUT2D eigenvalue weighted by molar-refractivity contribution is 5.45. The van der Waals surface area contributed by atoms with Gasteiger partial charge in [-0.15, -0.1) is 0 Å². The highest BCUT2D eigenvalue weighted by Crippen LogP contribution is 2.35. The molecule has 1 aliphatic rings. The van der Waals surface area contributed by atoms with Crippen molar-refractivity contribution in [3.05, 3.63) is 59.2 Å². The van der Waals surface area contributed by atoms with Crippen LogP contribution < -0.4 is 14.8 Å². The van der Waals surface area contributed by atoms with E-state index in [0.717, 1.165) is 57.3 Å². The lowest BCUT2D eigenvalue weighted by Crippen LogP contribution is -2.31. The molecule has 5 nitrogen and oxygen atoms in total. The number of hydrogen-bond donors (Lipinski definition) is 1. The molecule has 1 atom stereocenters. The maximum Gasteiger partial charge on any atom is 0.119 e. The van der Waals surface area contributed by atoms with Gasteiger partial charge in [-0.05, 0) is 61.0 Å². The van der Waals surface area contributed by atoms with Crippen LogP contribution in [0.3, 0.4) is 0 Å². The molecule has 1 heterocycles. The lowest BCUT2D eigenvalue weighted by atomic mass is 9.84. The molecule has 0 fully saturated rings. The van der Waals surface area contributed by atoms with E-state index < -0.39 is 0 Å². The second kappa shape index (κ2) is 10.5. The Morgan fingerprint density at radius 3 is 2.54 bits per heavy atom. The number of hydrogen-bond acceptors (Lipinski definition) is 5. The number of nitrogens with one attached hydrogen (secondary N) is 1. The maximum atomic E-state index is 5.98. The van der Waals surface area contributed by atoms with Crippen molar-refractivity contribution in [1.82, 2.24) is 10.2 Å². The minimum absolute atomic E-state index is 0.374. The van der Waals surface area contributed by atoms with Gasteiger partial charge < -0.3 is 24.4 Å². The molecule has 0 spiro atoms. The van der Waals surface area contributed by atoms with Crippen LogP contribution in [0.15, 0.2) is 42.5 Å². The first-order valence-electron chi connectivity index (χ1n) is 9.99. The molecule has 1 N–H and O–H groups in total. The first-order valence-corrected chi connectivity index (χ1v) is 9.99. The predicted molar refractivity (Wildman–Crippen MR) is 112 cm³/mol. The second-order valence-corrected chi connectivity index (χ2v) is 7.33. The van der Waals surface area contributed by atoms with Gasteiger partial charge in [0, 0.05) is 32.7 Å². The Balaban J connectivity index is 1.62. The molecule has 0 bridgehead atoms. The minimum Gasteiger partial charge on any atom is -0.497 e. The molecular weight excluding hydrogens is 352 g/mol. The van der Waals surface area contributed by atoms with E-state index in [2.05, 4.69) is 47.6 Å². The highest BCUT2D eigenvalue weighted by Gasteiger charge is 2.25. The summed E-state index contributed by atoms with van der Waals surface area (Å²) < 4.78 is 16.3. The smallest absolute Gasteiger partial charge is 0.119 e. The zero-order valence-electron chi connectivity index (χ0n) is 17.2. The Morgan fingerprint density at radius 2 is 1.79 bits per heavy atom. The zero-order chi connectivity index (χ0) is 19.8. The highest BCUT2D eigenvalue weighted by atomic mass is 16.5. The number of nitrogens with zero attached hydrogens (tertiary/aromatic N) is 1. The molecule has 0 amide bonds. The Bertz CT molecular complexity index is 733. The minimum atomic E-state index is 0.374. The van der Waals surface area contributed by atoms with E-state index in [1.54, 1.807) is 14.2 Å². The molecule has 0 aliphatic carbocycles. The van der Waals surface area contributed by atoms with Gasteiger partial charge in [0.25, 0.3) is 0 Å². The molecule has 0 aromatic heterocycles. The fraction of sp³-hybridized carbons (Fsp3) is 0.478. The molecule has 152 valence electrons. The Hall–Kier alpha value is -2.08. The van der Waals surface area contributed by atoms with Crippen molar-refractivity contribution in [2.45, 2.75) is 18.9 Å². The standard InChI is InChI=1S/C23H32N2O3/c1-25-16-19-15-21(28-13-4-11-24-12-14-26-2)9-10-22(19)23(17-25)18-5-7-20(27-3)8-6-18/h5-10,15,23-24H,4,11-14,16-17H2,1-3H3. The lowest BCUT2D eigenvalue weighted by molar-refractivity contribution is 0.198. The topological polar surface area (TPSA) is 43.0 Å². The summed E-state index contributed by atoms with van der Waals surface area (Å²) in [6, 6.07) is 15.0. The Kier molecular flexibility index (Phi) is 7.71. The van der Waals surface area contributed by atoms with Crippen molar-refractivity contribution in [2.24, 2.45) is 0 Å². The van der Waals surface area contributed by atoms with Crippen molar-refractivity contribution in [3.8, 4) is 11.5 Å². The van der Waals surface area contributed by atoms with Crippen LogP contribution in [0.5, 0.6) is 11.5 Å². The van der Waals surface area contributed by atoms with Crippen LogP contribution in [0.1, 0.15) is 29.0 Å². The fourth-order valence-electron chi connectivity index (χ4n) is 3.72. The molecule has 28 heavy (non-hydrogen) atoms. The molecule has 5 heteroatoms. The third kappa shape index (κ3) is 5.47. The molecule has 3 rings (SSSR count). The summed E-state index contributed by atoms with van der Waals surface area (Å²) in [5.74, 6) is 2.23. The molecule has 2 aromatic rings. The van der Waals surface area contributed by atoms with E-state index in [-0.39, 0.29) is 0 Å². The van der Waals surface area contributed by atoms with Crippen LogP contribution in [0.2, 0.25) is 0 Å². The number of likely N-dealkylation sites (N-methyl/N-ethyl adjacent to an activating group) is 1. The third-order valence-electron chi connectivity index (χ3n) is 5.19. The number of fused-ring (bicyclic) bond motifs is 1. The average molecular weight is 385 g/mol. The van der Waals surface area contributed by atoms with Gasteiger partial charge in [0.1, 0.15) is 11.5 Å². The van der Waals surface area contributed by atoms with E-state index in [4.69, 9.17) is 14.2 Å². The summed E-state index contributed by atoms with van der Waals surface area (Å²) in [7, 11) is 5.60. The molecule has 0 radical (unpaired) electrons. The van der Waals surface area contributed by atoms with Gasteiger partial charge in [-0.25, -0.2) is 0 Å². The van der Waals surface area contributed by atoms with Crippen LogP contribution in [0.25, 0.3) is 0 Å². The normalized spacial score (nSPS) is 16.6. The number of rotatable bonds is 10. The maximum absolute atomic E-state index is 5.98. The molecule has 2 aromatic carbocycles. The van der Waals surface area contributed by atoms with Gasteiger partial charge in [0.05, 0.1) is 20.3 Å². The third-order valence-corrected chi connectivity index (χ3v) is 5.19. The second-order valence-electron chi connectivity index (χ2n) is 7.33. The first-order chi connectivity index (χ1) is 13.7.